The zero-order valence-corrected chi connectivity index (χ0v) is 15.3. The highest BCUT2D eigenvalue weighted by atomic mass is 16.4. The Morgan fingerprint density at radius 1 is 1.16 bits per heavy atom. The van der Waals surface area contributed by atoms with E-state index in [1.807, 2.05) is 32.9 Å². The van der Waals surface area contributed by atoms with Gasteiger partial charge in [0.15, 0.2) is 0 Å². The van der Waals surface area contributed by atoms with Crippen molar-refractivity contribution in [1.29, 1.82) is 0 Å². The summed E-state index contributed by atoms with van der Waals surface area (Å²) in [5.41, 5.74) is 2.89. The molecule has 2 amide bonds. The highest BCUT2D eigenvalue weighted by molar-refractivity contribution is 5.96. The molecule has 25 heavy (non-hydrogen) atoms. The normalized spacial score (nSPS) is 15.2. The molecule has 1 aromatic carbocycles. The molecular formula is C19H26N2O4. The van der Waals surface area contributed by atoms with E-state index >= 15 is 0 Å². The van der Waals surface area contributed by atoms with Gasteiger partial charge < -0.3 is 15.3 Å². The van der Waals surface area contributed by atoms with Gasteiger partial charge in [-0.25, -0.2) is 0 Å². The van der Waals surface area contributed by atoms with Gasteiger partial charge in [-0.2, -0.15) is 0 Å². The van der Waals surface area contributed by atoms with Crippen molar-refractivity contribution in [2.45, 2.75) is 46.5 Å². The molecule has 6 heteroatoms. The topological polar surface area (TPSA) is 86.7 Å². The SMILES string of the molecule is Cc1cc(C)c(NC(=O)CN(C)C(=O)CC2(C(=O)O)CCC2)c(C)c1. The standard InChI is InChI=1S/C19H26N2O4/c1-12-8-13(2)17(14(3)9-12)20-15(22)11-21(4)16(23)10-19(18(24)25)6-5-7-19/h8-9H,5-7,10-11H2,1-4H3,(H,20,22)(H,24,25). The first kappa shape index (κ1) is 19.0. The summed E-state index contributed by atoms with van der Waals surface area (Å²) >= 11 is 0. The molecule has 0 radical (unpaired) electrons. The Morgan fingerprint density at radius 2 is 1.72 bits per heavy atom. The van der Waals surface area contributed by atoms with Crippen molar-refractivity contribution in [2.75, 3.05) is 18.9 Å². The largest absolute Gasteiger partial charge is 0.481 e. The van der Waals surface area contributed by atoms with Crippen LogP contribution in [0.4, 0.5) is 5.69 Å². The van der Waals surface area contributed by atoms with E-state index < -0.39 is 11.4 Å². The second-order valence-electron chi connectivity index (χ2n) is 7.19. The van der Waals surface area contributed by atoms with Crippen molar-refractivity contribution in [2.24, 2.45) is 5.41 Å². The van der Waals surface area contributed by atoms with Crippen LogP contribution in [-0.2, 0) is 14.4 Å². The number of anilines is 1. The van der Waals surface area contributed by atoms with Gasteiger partial charge in [0.05, 0.1) is 12.0 Å². The highest BCUT2D eigenvalue weighted by Crippen LogP contribution is 2.44. The van der Waals surface area contributed by atoms with Crippen LogP contribution in [-0.4, -0.2) is 41.4 Å². The Labute approximate surface area is 148 Å². The lowest BCUT2D eigenvalue weighted by molar-refractivity contribution is -0.159. The first-order valence-corrected chi connectivity index (χ1v) is 8.50. The van der Waals surface area contributed by atoms with Gasteiger partial charge in [-0.15, -0.1) is 0 Å². The van der Waals surface area contributed by atoms with E-state index in [-0.39, 0.29) is 24.8 Å². The molecule has 0 bridgehead atoms. The number of likely N-dealkylation sites (N-methyl/N-ethyl adjacent to an activating group) is 1. The number of hydrogen-bond acceptors (Lipinski definition) is 3. The molecule has 0 unspecified atom stereocenters. The monoisotopic (exact) mass is 346 g/mol. The summed E-state index contributed by atoms with van der Waals surface area (Å²) in [6.07, 6.45) is 1.83. The van der Waals surface area contributed by atoms with Crippen molar-refractivity contribution < 1.29 is 19.5 Å². The first-order valence-electron chi connectivity index (χ1n) is 8.50. The lowest BCUT2D eigenvalue weighted by Crippen LogP contribution is -2.44. The Kier molecular flexibility index (Phi) is 5.50. The maximum Gasteiger partial charge on any atom is 0.310 e. The summed E-state index contributed by atoms with van der Waals surface area (Å²) in [4.78, 5) is 37.3. The fourth-order valence-corrected chi connectivity index (χ4v) is 3.35. The minimum Gasteiger partial charge on any atom is -0.481 e. The molecule has 0 spiro atoms. The molecule has 0 saturated heterocycles. The van der Waals surface area contributed by atoms with E-state index in [9.17, 15) is 19.5 Å². The number of hydrogen-bond donors (Lipinski definition) is 2. The van der Waals surface area contributed by atoms with E-state index in [0.29, 0.717) is 12.8 Å². The molecule has 0 atom stereocenters. The second kappa shape index (κ2) is 7.25. The summed E-state index contributed by atoms with van der Waals surface area (Å²) in [6.45, 7) is 5.76. The minimum absolute atomic E-state index is 0.0469. The fraction of sp³-hybridized carbons (Fsp3) is 0.526. The molecular weight excluding hydrogens is 320 g/mol. The van der Waals surface area contributed by atoms with Crippen molar-refractivity contribution >= 4 is 23.5 Å². The number of amides is 2. The van der Waals surface area contributed by atoms with E-state index in [1.54, 1.807) is 0 Å². The van der Waals surface area contributed by atoms with Gasteiger partial charge in [0.1, 0.15) is 0 Å². The molecule has 6 nitrogen and oxygen atoms in total. The van der Waals surface area contributed by atoms with Gasteiger partial charge in [-0.3, -0.25) is 14.4 Å². The van der Waals surface area contributed by atoms with Crippen molar-refractivity contribution in [1.82, 2.24) is 4.90 Å². The number of carbonyl (C=O) groups excluding carboxylic acids is 2. The number of carboxylic acids is 1. The van der Waals surface area contributed by atoms with Crippen molar-refractivity contribution in [3.8, 4) is 0 Å². The fourth-order valence-electron chi connectivity index (χ4n) is 3.35. The highest BCUT2D eigenvalue weighted by Gasteiger charge is 2.46. The Balaban J connectivity index is 1.96. The Morgan fingerprint density at radius 3 is 2.16 bits per heavy atom. The van der Waals surface area contributed by atoms with Crippen LogP contribution in [0.25, 0.3) is 0 Å². The number of carbonyl (C=O) groups is 3. The third-order valence-corrected chi connectivity index (χ3v) is 5.00. The smallest absolute Gasteiger partial charge is 0.310 e. The molecule has 1 aliphatic rings. The zero-order chi connectivity index (χ0) is 18.8. The summed E-state index contributed by atoms with van der Waals surface area (Å²) < 4.78 is 0. The van der Waals surface area contributed by atoms with E-state index in [0.717, 1.165) is 28.8 Å². The van der Waals surface area contributed by atoms with Crippen molar-refractivity contribution in [3.63, 3.8) is 0 Å². The van der Waals surface area contributed by atoms with Crippen LogP contribution in [0, 0.1) is 26.2 Å². The van der Waals surface area contributed by atoms with E-state index in [1.165, 1.54) is 11.9 Å². The van der Waals surface area contributed by atoms with E-state index in [4.69, 9.17) is 0 Å². The number of carboxylic acid groups (broad SMARTS) is 1. The number of aliphatic carboxylic acids is 1. The van der Waals surface area contributed by atoms with Crippen LogP contribution in [0.1, 0.15) is 42.4 Å². The maximum atomic E-state index is 12.3. The van der Waals surface area contributed by atoms with Crippen LogP contribution in [0.3, 0.4) is 0 Å². The lowest BCUT2D eigenvalue weighted by atomic mass is 9.66. The quantitative estimate of drug-likeness (QED) is 0.829. The summed E-state index contributed by atoms with van der Waals surface area (Å²) in [6, 6.07) is 3.98. The molecule has 0 heterocycles. The summed E-state index contributed by atoms with van der Waals surface area (Å²) in [7, 11) is 1.53. The predicted molar refractivity (Wildman–Crippen MR) is 95.5 cm³/mol. The second-order valence-corrected chi connectivity index (χ2v) is 7.19. The first-order chi connectivity index (χ1) is 11.6. The van der Waals surface area contributed by atoms with Gasteiger partial charge in [0.2, 0.25) is 11.8 Å². The van der Waals surface area contributed by atoms with Gasteiger partial charge in [-0.05, 0) is 44.7 Å². The predicted octanol–water partition coefficient (Wildman–Crippen LogP) is 2.65. The van der Waals surface area contributed by atoms with Crippen LogP contribution < -0.4 is 5.32 Å². The average molecular weight is 346 g/mol. The average Bonchev–Trinajstić information content (AvgIpc) is 2.45. The lowest BCUT2D eigenvalue weighted by Gasteiger charge is -2.37. The molecule has 1 saturated carbocycles. The molecule has 1 fully saturated rings. The zero-order valence-electron chi connectivity index (χ0n) is 15.3. The third-order valence-electron chi connectivity index (χ3n) is 5.00. The summed E-state index contributed by atoms with van der Waals surface area (Å²) in [5.74, 6) is -1.52. The van der Waals surface area contributed by atoms with Gasteiger partial charge in [-0.1, -0.05) is 24.1 Å². The van der Waals surface area contributed by atoms with Gasteiger partial charge in [0, 0.05) is 19.2 Å². The summed E-state index contributed by atoms with van der Waals surface area (Å²) in [5, 5.41) is 12.2. The number of rotatable bonds is 6. The number of benzene rings is 1. The molecule has 2 rings (SSSR count). The van der Waals surface area contributed by atoms with Gasteiger partial charge in [0.25, 0.3) is 0 Å². The molecule has 2 N–H and O–H groups in total. The van der Waals surface area contributed by atoms with Crippen LogP contribution >= 0.6 is 0 Å². The number of nitrogens with one attached hydrogen (secondary N) is 1. The van der Waals surface area contributed by atoms with Crippen LogP contribution in [0.5, 0.6) is 0 Å². The van der Waals surface area contributed by atoms with E-state index in [2.05, 4.69) is 5.32 Å². The third kappa shape index (κ3) is 4.18. The molecule has 136 valence electrons. The van der Waals surface area contributed by atoms with Crippen LogP contribution in [0.2, 0.25) is 0 Å². The molecule has 1 aliphatic carbocycles. The van der Waals surface area contributed by atoms with Crippen molar-refractivity contribution in [3.05, 3.63) is 28.8 Å². The minimum atomic E-state index is -0.939. The maximum absolute atomic E-state index is 12.3. The van der Waals surface area contributed by atoms with Crippen LogP contribution in [0.15, 0.2) is 12.1 Å². The number of nitrogens with zero attached hydrogens (tertiary/aromatic N) is 1. The van der Waals surface area contributed by atoms with Gasteiger partial charge >= 0.3 is 5.97 Å². The molecule has 0 aromatic heterocycles. The number of aryl methyl sites for hydroxylation is 3. The molecule has 1 aromatic rings. The molecule has 0 aliphatic heterocycles. The Hall–Kier alpha value is -2.37. The Bertz CT molecular complexity index is 684.